The summed E-state index contributed by atoms with van der Waals surface area (Å²) in [6.07, 6.45) is 8.08. The molecule has 0 aliphatic heterocycles. The Hall–Kier alpha value is -2.22. The zero-order valence-corrected chi connectivity index (χ0v) is 22.8. The molecule has 2 aliphatic carbocycles. The van der Waals surface area contributed by atoms with Gasteiger partial charge in [-0.2, -0.15) is 8.78 Å². The molecule has 0 N–H and O–H groups in total. The van der Waals surface area contributed by atoms with Crippen LogP contribution in [-0.4, -0.2) is 19.8 Å². The molecule has 0 saturated heterocycles. The Balaban J connectivity index is 1.46. The van der Waals surface area contributed by atoms with Crippen molar-refractivity contribution in [2.45, 2.75) is 77.2 Å². The number of allylic oxidation sites excluding steroid dienone is 5. The summed E-state index contributed by atoms with van der Waals surface area (Å²) >= 11 is 0. The average molecular weight is 559 g/mol. The molecular formula is C31H40F6O2. The van der Waals surface area contributed by atoms with Gasteiger partial charge in [-0.3, -0.25) is 0 Å². The molecule has 0 radical (unpaired) electrons. The van der Waals surface area contributed by atoms with Crippen molar-refractivity contribution in [2.75, 3.05) is 13.7 Å². The third kappa shape index (κ3) is 9.16. The highest BCUT2D eigenvalue weighted by Crippen LogP contribution is 2.46. The lowest BCUT2D eigenvalue weighted by Gasteiger charge is -2.39. The Morgan fingerprint density at radius 3 is 2.10 bits per heavy atom. The molecule has 0 amide bonds. The van der Waals surface area contributed by atoms with Crippen molar-refractivity contribution < 1.29 is 35.8 Å². The molecule has 0 bridgehead atoms. The van der Waals surface area contributed by atoms with Gasteiger partial charge in [-0.1, -0.05) is 25.7 Å². The minimum Gasteiger partial charge on any atom is -0.432 e. The number of ether oxygens (including phenoxy) is 2. The monoisotopic (exact) mass is 558 g/mol. The second kappa shape index (κ2) is 14.4. The summed E-state index contributed by atoms with van der Waals surface area (Å²) in [5.74, 6) is -5.50. The van der Waals surface area contributed by atoms with Gasteiger partial charge in [-0.25, -0.2) is 17.6 Å². The summed E-state index contributed by atoms with van der Waals surface area (Å²) in [4.78, 5) is 0. The lowest BCUT2D eigenvalue weighted by atomic mass is 9.68. The number of hydrogen-bond acceptors (Lipinski definition) is 2. The topological polar surface area (TPSA) is 18.5 Å². The van der Waals surface area contributed by atoms with Crippen LogP contribution in [0.4, 0.5) is 26.3 Å². The van der Waals surface area contributed by atoms with Crippen LogP contribution in [-0.2, 0) is 4.74 Å². The normalized spacial score (nSPS) is 25.8. The number of halogens is 6. The first kappa shape index (κ1) is 31.3. The van der Waals surface area contributed by atoms with Crippen LogP contribution in [0.15, 0.2) is 48.3 Å². The number of methoxy groups -OCH3 is 1. The third-order valence-corrected chi connectivity index (χ3v) is 8.21. The summed E-state index contributed by atoms with van der Waals surface area (Å²) < 4.78 is 94.0. The number of benzene rings is 1. The molecule has 2 saturated carbocycles. The van der Waals surface area contributed by atoms with E-state index in [-0.39, 0.29) is 30.5 Å². The molecule has 2 nitrogen and oxygen atoms in total. The van der Waals surface area contributed by atoms with Gasteiger partial charge in [-0.05, 0) is 93.1 Å². The maximum Gasteiger partial charge on any atom is 0.400 e. The summed E-state index contributed by atoms with van der Waals surface area (Å²) in [6.45, 7) is 6.39. The van der Waals surface area contributed by atoms with E-state index >= 15 is 0 Å². The van der Waals surface area contributed by atoms with Gasteiger partial charge in [0.1, 0.15) is 11.6 Å². The molecule has 218 valence electrons. The van der Waals surface area contributed by atoms with Crippen molar-refractivity contribution in [1.29, 1.82) is 0 Å². The summed E-state index contributed by atoms with van der Waals surface area (Å²) in [7, 11) is 1.65. The van der Waals surface area contributed by atoms with E-state index in [2.05, 4.69) is 18.2 Å². The van der Waals surface area contributed by atoms with Crippen LogP contribution in [0, 0.1) is 47.0 Å². The van der Waals surface area contributed by atoms with E-state index in [0.29, 0.717) is 56.3 Å². The lowest BCUT2D eigenvalue weighted by molar-refractivity contribution is -0.224. The van der Waals surface area contributed by atoms with Crippen molar-refractivity contribution in [2.24, 2.45) is 29.6 Å². The van der Waals surface area contributed by atoms with E-state index < -0.39 is 35.2 Å². The number of alkyl halides is 2. The first-order valence-electron chi connectivity index (χ1n) is 13.9. The van der Waals surface area contributed by atoms with Crippen LogP contribution in [0.1, 0.15) is 71.1 Å². The van der Waals surface area contributed by atoms with Crippen molar-refractivity contribution in [3.63, 3.8) is 0 Å². The van der Waals surface area contributed by atoms with Crippen LogP contribution in [0.3, 0.4) is 0 Å². The Labute approximate surface area is 228 Å². The smallest absolute Gasteiger partial charge is 0.400 e. The molecule has 1 unspecified atom stereocenters. The standard InChI is InChI=1S/C31H40F6O2/c1-4-5-22(14-20(2)19-38-3)16-26(32)15-21-6-8-23(9-7-21)24-10-12-25(13-11-24)31(36,37)39-27-17-28(33)30(35)29(34)18-27/h4-5,16-18,20-21,23-25H,1,6-15,19H2,2-3H3/b22-5-,26-16+. The minimum absolute atomic E-state index is 0.125. The molecule has 2 fully saturated rings. The van der Waals surface area contributed by atoms with E-state index in [0.717, 1.165) is 31.3 Å². The highest BCUT2D eigenvalue weighted by atomic mass is 19.3. The molecular weight excluding hydrogens is 518 g/mol. The van der Waals surface area contributed by atoms with E-state index in [1.54, 1.807) is 19.3 Å². The Morgan fingerprint density at radius 1 is 1.00 bits per heavy atom. The minimum atomic E-state index is -3.61. The van der Waals surface area contributed by atoms with Gasteiger partial charge in [0.25, 0.3) is 0 Å². The maximum atomic E-state index is 14.8. The zero-order valence-electron chi connectivity index (χ0n) is 22.8. The second-order valence-electron chi connectivity index (χ2n) is 11.3. The molecule has 0 heterocycles. The number of rotatable bonds is 12. The Kier molecular flexibility index (Phi) is 11.6. The average Bonchev–Trinajstić information content (AvgIpc) is 2.88. The van der Waals surface area contributed by atoms with Crippen LogP contribution >= 0.6 is 0 Å². The predicted octanol–water partition coefficient (Wildman–Crippen LogP) is 9.72. The molecule has 1 atom stereocenters. The fourth-order valence-electron chi connectivity index (χ4n) is 6.23. The van der Waals surface area contributed by atoms with E-state index in [4.69, 9.17) is 4.74 Å². The van der Waals surface area contributed by atoms with Crippen molar-refractivity contribution in [1.82, 2.24) is 0 Å². The fraction of sp³-hybridized carbons (Fsp3) is 0.613. The van der Waals surface area contributed by atoms with Crippen LogP contribution < -0.4 is 4.74 Å². The van der Waals surface area contributed by atoms with Gasteiger partial charge in [-0.15, -0.1) is 0 Å². The van der Waals surface area contributed by atoms with E-state index in [1.165, 1.54) is 0 Å². The molecule has 1 aromatic carbocycles. The molecule has 2 aliphatic rings. The largest absolute Gasteiger partial charge is 0.432 e. The zero-order chi connectivity index (χ0) is 28.6. The van der Waals surface area contributed by atoms with Gasteiger partial charge >= 0.3 is 6.11 Å². The van der Waals surface area contributed by atoms with Crippen LogP contribution in [0.5, 0.6) is 5.75 Å². The highest BCUT2D eigenvalue weighted by Gasteiger charge is 2.45. The number of hydrogen-bond donors (Lipinski definition) is 0. The third-order valence-electron chi connectivity index (χ3n) is 8.21. The Morgan fingerprint density at radius 2 is 1.56 bits per heavy atom. The molecule has 0 aromatic heterocycles. The molecule has 1 aromatic rings. The Bertz CT molecular complexity index is 981. The SMILES string of the molecule is C=C/C=C(\C=C(\F)CC1CCC(C2CCC(C(F)(F)Oc3cc(F)c(F)c(F)c3)CC2)CC1)CC(C)COC. The maximum absolute atomic E-state index is 14.8. The van der Waals surface area contributed by atoms with E-state index in [9.17, 15) is 26.3 Å². The highest BCUT2D eigenvalue weighted by molar-refractivity contribution is 5.26. The van der Waals surface area contributed by atoms with Crippen molar-refractivity contribution >= 4 is 0 Å². The van der Waals surface area contributed by atoms with Gasteiger partial charge in [0.15, 0.2) is 17.5 Å². The summed E-state index contributed by atoms with van der Waals surface area (Å²) in [5, 5.41) is 0. The summed E-state index contributed by atoms with van der Waals surface area (Å²) in [5.41, 5.74) is 0.896. The van der Waals surface area contributed by atoms with Gasteiger partial charge in [0.05, 0.1) is 5.92 Å². The van der Waals surface area contributed by atoms with Crippen molar-refractivity contribution in [3.8, 4) is 5.75 Å². The fourth-order valence-corrected chi connectivity index (χ4v) is 6.23. The van der Waals surface area contributed by atoms with Crippen LogP contribution in [0.2, 0.25) is 0 Å². The first-order valence-corrected chi connectivity index (χ1v) is 13.9. The second-order valence-corrected chi connectivity index (χ2v) is 11.3. The van der Waals surface area contributed by atoms with E-state index in [1.807, 2.05) is 6.08 Å². The first-order chi connectivity index (χ1) is 18.5. The summed E-state index contributed by atoms with van der Waals surface area (Å²) in [6, 6.07) is 0.875. The van der Waals surface area contributed by atoms with Gasteiger partial charge in [0.2, 0.25) is 0 Å². The molecule has 3 rings (SSSR count). The molecule has 0 spiro atoms. The molecule has 8 heteroatoms. The van der Waals surface area contributed by atoms with Gasteiger partial charge < -0.3 is 9.47 Å². The van der Waals surface area contributed by atoms with Crippen LogP contribution in [0.25, 0.3) is 0 Å². The quantitative estimate of drug-likeness (QED) is 0.144. The lowest BCUT2D eigenvalue weighted by Crippen LogP contribution is -2.38. The van der Waals surface area contributed by atoms with Crippen molar-refractivity contribution in [3.05, 3.63) is 65.8 Å². The molecule has 39 heavy (non-hydrogen) atoms. The predicted molar refractivity (Wildman–Crippen MR) is 141 cm³/mol. The van der Waals surface area contributed by atoms with Gasteiger partial charge in [0, 0.05) is 32.3 Å².